The molecule has 14 heavy (non-hydrogen) atoms. The summed E-state index contributed by atoms with van der Waals surface area (Å²) in [6.45, 7) is 0. The molecule has 0 aliphatic carbocycles. The second kappa shape index (κ2) is 3.87. The number of benzene rings is 1. The Labute approximate surface area is 85.7 Å². The van der Waals surface area contributed by atoms with Gasteiger partial charge in [-0.15, -0.1) is 11.8 Å². The first-order chi connectivity index (χ1) is 6.68. The maximum Gasteiger partial charge on any atom is 0.159 e. The van der Waals surface area contributed by atoms with Gasteiger partial charge in [0.1, 0.15) is 0 Å². The van der Waals surface area contributed by atoms with Crippen LogP contribution in [0.25, 0.3) is 0 Å². The van der Waals surface area contributed by atoms with Crippen LogP contribution in [0.2, 0.25) is 0 Å². The summed E-state index contributed by atoms with van der Waals surface area (Å²) < 4.78 is 25.9. The lowest BCUT2D eigenvalue weighted by Gasteiger charge is -2.11. The summed E-state index contributed by atoms with van der Waals surface area (Å²) in [4.78, 5) is 0.786. The van der Waals surface area contributed by atoms with Crippen LogP contribution in [-0.4, -0.2) is 5.75 Å². The van der Waals surface area contributed by atoms with E-state index in [1.165, 1.54) is 12.1 Å². The van der Waals surface area contributed by atoms with Crippen molar-refractivity contribution in [3.63, 3.8) is 0 Å². The third kappa shape index (κ3) is 1.77. The van der Waals surface area contributed by atoms with Crippen LogP contribution in [-0.2, 0) is 0 Å². The summed E-state index contributed by atoms with van der Waals surface area (Å²) in [5.41, 5.74) is 6.60. The number of rotatable bonds is 0. The number of hydrogen-bond donors (Lipinski definition) is 1. The van der Waals surface area contributed by atoms with Gasteiger partial charge in [-0.05, 0) is 36.3 Å². The van der Waals surface area contributed by atoms with Gasteiger partial charge in [0.05, 0.1) is 0 Å². The predicted molar refractivity (Wildman–Crippen MR) is 53.2 cm³/mol. The van der Waals surface area contributed by atoms with Crippen molar-refractivity contribution in [2.45, 2.75) is 23.8 Å². The van der Waals surface area contributed by atoms with E-state index in [0.717, 1.165) is 29.1 Å². The normalized spacial score (nSPS) is 21.5. The molecule has 0 bridgehead atoms. The molecule has 1 heterocycles. The zero-order chi connectivity index (χ0) is 10.1. The molecule has 1 aliphatic heterocycles. The lowest BCUT2D eigenvalue weighted by atomic mass is 10.0. The average molecular weight is 215 g/mol. The molecule has 1 aromatic carbocycles. The van der Waals surface area contributed by atoms with Gasteiger partial charge in [0.2, 0.25) is 0 Å². The molecule has 1 atom stereocenters. The zero-order valence-corrected chi connectivity index (χ0v) is 8.41. The van der Waals surface area contributed by atoms with E-state index in [1.54, 1.807) is 11.8 Å². The largest absolute Gasteiger partial charge is 0.324 e. The van der Waals surface area contributed by atoms with Crippen LogP contribution < -0.4 is 5.73 Å². The standard InChI is InChI=1S/C10H11F2NS/c11-7-4-6-9(13)2-1-3-14-10(6)5-8(7)12/h4-5,9H,1-3,13H2. The number of hydrogen-bond acceptors (Lipinski definition) is 2. The van der Waals surface area contributed by atoms with Crippen molar-refractivity contribution in [2.24, 2.45) is 5.73 Å². The third-order valence-corrected chi connectivity index (χ3v) is 3.53. The van der Waals surface area contributed by atoms with Gasteiger partial charge < -0.3 is 5.73 Å². The molecule has 1 nitrogen and oxygen atoms in total. The fourth-order valence-corrected chi connectivity index (χ4v) is 2.69. The molecule has 0 spiro atoms. The van der Waals surface area contributed by atoms with E-state index in [9.17, 15) is 8.78 Å². The van der Waals surface area contributed by atoms with Crippen LogP contribution in [0.5, 0.6) is 0 Å². The van der Waals surface area contributed by atoms with Crippen molar-refractivity contribution in [3.05, 3.63) is 29.3 Å². The van der Waals surface area contributed by atoms with Gasteiger partial charge in [0.25, 0.3) is 0 Å². The van der Waals surface area contributed by atoms with E-state index in [4.69, 9.17) is 5.73 Å². The van der Waals surface area contributed by atoms with Crippen molar-refractivity contribution in [1.82, 2.24) is 0 Å². The van der Waals surface area contributed by atoms with Crippen LogP contribution in [0.4, 0.5) is 8.78 Å². The van der Waals surface area contributed by atoms with Gasteiger partial charge in [-0.25, -0.2) is 8.78 Å². The van der Waals surface area contributed by atoms with Crippen LogP contribution >= 0.6 is 11.8 Å². The molecular weight excluding hydrogens is 204 g/mol. The van der Waals surface area contributed by atoms with Crippen molar-refractivity contribution in [1.29, 1.82) is 0 Å². The van der Waals surface area contributed by atoms with E-state index in [2.05, 4.69) is 0 Å². The summed E-state index contributed by atoms with van der Waals surface area (Å²) in [6, 6.07) is 2.32. The molecule has 0 fully saturated rings. The monoisotopic (exact) mass is 215 g/mol. The molecule has 0 radical (unpaired) electrons. The Morgan fingerprint density at radius 1 is 1.29 bits per heavy atom. The smallest absolute Gasteiger partial charge is 0.159 e. The molecule has 2 N–H and O–H groups in total. The molecule has 0 saturated heterocycles. The Hall–Kier alpha value is -0.610. The highest BCUT2D eigenvalue weighted by Crippen LogP contribution is 2.34. The quantitative estimate of drug-likeness (QED) is 0.720. The summed E-state index contributed by atoms with van der Waals surface area (Å²) in [6.07, 6.45) is 1.83. The van der Waals surface area contributed by atoms with Crippen molar-refractivity contribution < 1.29 is 8.78 Å². The van der Waals surface area contributed by atoms with Crippen LogP contribution in [0.1, 0.15) is 24.4 Å². The third-order valence-electron chi connectivity index (χ3n) is 2.37. The number of nitrogens with two attached hydrogens (primary N) is 1. The van der Waals surface area contributed by atoms with Gasteiger partial charge in [-0.2, -0.15) is 0 Å². The fraction of sp³-hybridized carbons (Fsp3) is 0.400. The van der Waals surface area contributed by atoms with Gasteiger partial charge in [-0.3, -0.25) is 0 Å². The topological polar surface area (TPSA) is 26.0 Å². The maximum absolute atomic E-state index is 13.0. The second-order valence-electron chi connectivity index (χ2n) is 3.40. The molecule has 0 aromatic heterocycles. The Morgan fingerprint density at radius 2 is 2.00 bits per heavy atom. The molecule has 0 saturated carbocycles. The number of fused-ring (bicyclic) bond motifs is 1. The SMILES string of the molecule is NC1CCCSc2cc(F)c(F)cc21. The van der Waals surface area contributed by atoms with Crippen LogP contribution in [0.3, 0.4) is 0 Å². The van der Waals surface area contributed by atoms with Gasteiger partial charge in [0.15, 0.2) is 11.6 Å². The fourth-order valence-electron chi connectivity index (χ4n) is 1.60. The number of thioether (sulfide) groups is 1. The van der Waals surface area contributed by atoms with Crippen LogP contribution in [0, 0.1) is 11.6 Å². The minimum absolute atomic E-state index is 0.157. The summed E-state index contributed by atoms with van der Waals surface area (Å²) in [7, 11) is 0. The molecule has 76 valence electrons. The first-order valence-corrected chi connectivity index (χ1v) is 5.54. The number of halogens is 2. The van der Waals surface area contributed by atoms with E-state index in [0.29, 0.717) is 0 Å². The average Bonchev–Trinajstić information content (AvgIpc) is 2.31. The summed E-state index contributed by atoms with van der Waals surface area (Å²) in [5.74, 6) is -0.668. The minimum Gasteiger partial charge on any atom is -0.324 e. The van der Waals surface area contributed by atoms with E-state index >= 15 is 0 Å². The first kappa shape index (κ1) is 9.93. The highest BCUT2D eigenvalue weighted by atomic mass is 32.2. The highest BCUT2D eigenvalue weighted by molar-refractivity contribution is 7.99. The van der Waals surface area contributed by atoms with E-state index < -0.39 is 11.6 Å². The van der Waals surface area contributed by atoms with E-state index in [1.807, 2.05) is 0 Å². The zero-order valence-electron chi connectivity index (χ0n) is 7.59. The molecule has 1 aliphatic rings. The molecule has 0 amide bonds. The Balaban J connectivity index is 2.49. The van der Waals surface area contributed by atoms with Crippen molar-refractivity contribution >= 4 is 11.8 Å². The molecule has 2 rings (SSSR count). The molecular formula is C10H11F2NS. The van der Waals surface area contributed by atoms with Gasteiger partial charge in [-0.1, -0.05) is 0 Å². The Morgan fingerprint density at radius 3 is 2.79 bits per heavy atom. The second-order valence-corrected chi connectivity index (χ2v) is 4.54. The molecule has 1 unspecified atom stereocenters. The predicted octanol–water partition coefficient (Wildman–Crippen LogP) is 2.85. The van der Waals surface area contributed by atoms with Crippen molar-refractivity contribution in [2.75, 3.05) is 5.75 Å². The lowest BCUT2D eigenvalue weighted by molar-refractivity contribution is 0.500. The Bertz CT molecular complexity index is 354. The van der Waals surface area contributed by atoms with Crippen molar-refractivity contribution in [3.8, 4) is 0 Å². The first-order valence-electron chi connectivity index (χ1n) is 4.56. The molecule has 4 heteroatoms. The summed E-state index contributed by atoms with van der Waals surface area (Å²) in [5, 5.41) is 0. The van der Waals surface area contributed by atoms with Gasteiger partial charge >= 0.3 is 0 Å². The lowest BCUT2D eigenvalue weighted by Crippen LogP contribution is -2.10. The Kier molecular flexibility index (Phi) is 2.74. The van der Waals surface area contributed by atoms with Gasteiger partial charge in [0, 0.05) is 10.9 Å². The maximum atomic E-state index is 13.0. The molecule has 1 aromatic rings. The highest BCUT2D eigenvalue weighted by Gasteiger charge is 2.18. The minimum atomic E-state index is -0.804. The van der Waals surface area contributed by atoms with Crippen LogP contribution in [0.15, 0.2) is 17.0 Å². The van der Waals surface area contributed by atoms with E-state index in [-0.39, 0.29) is 6.04 Å². The summed E-state index contributed by atoms with van der Waals surface area (Å²) >= 11 is 1.55.